The fourth-order valence-electron chi connectivity index (χ4n) is 1.06. The van der Waals surface area contributed by atoms with Gasteiger partial charge in [0.15, 0.2) is 0 Å². The number of rotatable bonds is 3. The Balaban J connectivity index is -0.000000180. The van der Waals surface area contributed by atoms with Crippen molar-refractivity contribution in [3.63, 3.8) is 0 Å². The minimum Gasteiger partial charge on any atom is -0.184 e. The molecule has 0 aliphatic carbocycles. The Bertz CT molecular complexity index is 32.5. The van der Waals surface area contributed by atoms with Crippen LogP contribution in [0.3, 0.4) is 0 Å². The molecule has 0 fully saturated rings. The summed E-state index contributed by atoms with van der Waals surface area (Å²) in [5.74, 6) is 0. The van der Waals surface area contributed by atoms with Crippen LogP contribution in [0.2, 0.25) is 19.0 Å². The largest absolute Gasteiger partial charge is 1.00 e. The van der Waals surface area contributed by atoms with Crippen LogP contribution < -0.4 is 18.9 Å². The molecule has 0 spiro atoms. The van der Waals surface area contributed by atoms with Gasteiger partial charge in [0, 0.05) is 0 Å². The summed E-state index contributed by atoms with van der Waals surface area (Å²) in [7, 11) is 0. The van der Waals surface area contributed by atoms with Crippen molar-refractivity contribution in [2.75, 3.05) is 0 Å². The van der Waals surface area contributed by atoms with Gasteiger partial charge in [-0.25, -0.2) is 0 Å². The molecule has 0 aliphatic heterocycles. The topological polar surface area (TPSA) is 0 Å². The van der Waals surface area contributed by atoms with E-state index in [4.69, 9.17) is 0 Å². The van der Waals surface area contributed by atoms with Gasteiger partial charge in [-0.05, 0) is 6.71 Å². The Hall–Kier alpha value is 0.727. The van der Waals surface area contributed by atoms with Gasteiger partial charge in [-0.15, -0.1) is 0 Å². The van der Waals surface area contributed by atoms with E-state index in [2.05, 4.69) is 20.8 Å². The second kappa shape index (κ2) is 11.5. The first-order chi connectivity index (χ1) is 3.35. The van der Waals surface area contributed by atoms with E-state index in [0.717, 1.165) is 0 Å². The molecule has 0 aliphatic rings. The summed E-state index contributed by atoms with van der Waals surface area (Å²) in [5.41, 5.74) is 0. The van der Waals surface area contributed by atoms with Gasteiger partial charge >= 0.3 is 18.9 Å². The minimum absolute atomic E-state index is 0. The predicted molar refractivity (Wildman–Crippen MR) is 48.5 cm³/mol. The Morgan fingerprint density at radius 3 is 1.11 bits per heavy atom. The van der Waals surface area contributed by atoms with Crippen LogP contribution in [0.1, 0.15) is 20.8 Å². The van der Waals surface area contributed by atoms with Crippen molar-refractivity contribution in [1.82, 2.24) is 0 Å². The molecule has 9 heavy (non-hydrogen) atoms. The van der Waals surface area contributed by atoms with Crippen LogP contribution in [0.4, 0.5) is 0 Å². The van der Waals surface area contributed by atoms with E-state index in [1.165, 1.54) is 19.0 Å². The SMILES string of the molecule is B.CC[BH-](CC)CC.[Li+]. The van der Waals surface area contributed by atoms with Crippen molar-refractivity contribution in [3.8, 4) is 0 Å². The molecule has 3 heteroatoms. The smallest absolute Gasteiger partial charge is 0.184 e. The van der Waals surface area contributed by atoms with E-state index >= 15 is 0 Å². The molecule has 0 aromatic carbocycles. The first kappa shape index (κ1) is 16.4. The minimum atomic E-state index is 0. The summed E-state index contributed by atoms with van der Waals surface area (Å²) in [6.07, 6.45) is 4.31. The van der Waals surface area contributed by atoms with Gasteiger partial charge in [-0.2, -0.15) is 19.0 Å². The zero-order valence-corrected chi connectivity index (χ0v) is 6.83. The quantitative estimate of drug-likeness (QED) is 0.381. The molecule has 0 unspecified atom stereocenters. The summed E-state index contributed by atoms with van der Waals surface area (Å²) in [4.78, 5) is 0. The molecule has 0 amide bonds. The van der Waals surface area contributed by atoms with Crippen LogP contribution in [0.5, 0.6) is 0 Å². The zero-order valence-electron chi connectivity index (χ0n) is 6.83. The summed E-state index contributed by atoms with van der Waals surface area (Å²) in [6.45, 7) is 7.19. The van der Waals surface area contributed by atoms with Crippen LogP contribution in [0, 0.1) is 0 Å². The fraction of sp³-hybridized carbons (Fsp3) is 1.00. The summed E-state index contributed by atoms with van der Waals surface area (Å²) in [5, 5.41) is 0. The molecule has 0 saturated carbocycles. The Kier molecular flexibility index (Phi) is 20.9. The second-order valence-electron chi connectivity index (χ2n) is 2.56. The monoisotopic (exact) mass is 120 g/mol. The van der Waals surface area contributed by atoms with Gasteiger partial charge in [0.05, 0.1) is 8.41 Å². The first-order valence-electron chi connectivity index (χ1n) is 3.62. The van der Waals surface area contributed by atoms with E-state index < -0.39 is 0 Å². The molecule has 0 rings (SSSR count). The number of hydrogen-bond donors (Lipinski definition) is 0. The molecule has 50 valence electrons. The average molecular weight is 120 g/mol. The van der Waals surface area contributed by atoms with Crippen LogP contribution in [-0.2, 0) is 0 Å². The molecule has 0 aromatic rings. The van der Waals surface area contributed by atoms with Crippen LogP contribution in [-0.4, -0.2) is 15.1 Å². The molecule has 0 heterocycles. The van der Waals surface area contributed by atoms with E-state index in [1.54, 1.807) is 0 Å². The third kappa shape index (κ3) is 8.73. The maximum Gasteiger partial charge on any atom is 1.00 e. The molecule has 0 nitrogen and oxygen atoms in total. The molecule has 0 N–H and O–H groups in total. The van der Waals surface area contributed by atoms with Crippen molar-refractivity contribution >= 4 is 15.1 Å². The number of hydrogen-bond acceptors (Lipinski definition) is 0. The van der Waals surface area contributed by atoms with Crippen molar-refractivity contribution in [3.05, 3.63) is 0 Å². The standard InChI is InChI=1S/C6H16B.BH3.Li/c1-4-7(5-2)6-3;;/h7H,4-6H2,1-3H3;1H3;/q-1;;+1. The average Bonchev–Trinajstić information content (AvgIpc) is 1.72. The molecular weight excluding hydrogens is 101 g/mol. The van der Waals surface area contributed by atoms with Crippen LogP contribution in [0.25, 0.3) is 0 Å². The summed E-state index contributed by atoms with van der Waals surface area (Å²) in [6, 6.07) is 0. The van der Waals surface area contributed by atoms with Gasteiger partial charge < -0.3 is 0 Å². The van der Waals surface area contributed by atoms with Crippen molar-refractivity contribution in [2.24, 2.45) is 0 Å². The van der Waals surface area contributed by atoms with E-state index in [1.807, 2.05) is 0 Å². The van der Waals surface area contributed by atoms with E-state index in [-0.39, 0.29) is 27.3 Å². The maximum atomic E-state index is 2.30. The summed E-state index contributed by atoms with van der Waals surface area (Å²) >= 11 is 0. The molecule has 0 atom stereocenters. The molecule has 0 radical (unpaired) electrons. The van der Waals surface area contributed by atoms with Crippen molar-refractivity contribution in [1.29, 1.82) is 0 Å². The van der Waals surface area contributed by atoms with Crippen molar-refractivity contribution in [2.45, 2.75) is 39.7 Å². The third-order valence-corrected chi connectivity index (χ3v) is 2.12. The molecular formula is C6H19B2Li. The summed E-state index contributed by atoms with van der Waals surface area (Å²) < 4.78 is 0. The normalized spacial score (nSPS) is 8.00. The predicted octanol–water partition coefficient (Wildman–Crippen LogP) is -1.91. The van der Waals surface area contributed by atoms with Gasteiger partial charge in [-0.1, -0.05) is 20.8 Å². The van der Waals surface area contributed by atoms with Gasteiger partial charge in [0.1, 0.15) is 0 Å². The van der Waals surface area contributed by atoms with Gasteiger partial charge in [0.25, 0.3) is 0 Å². The van der Waals surface area contributed by atoms with Gasteiger partial charge in [-0.3, -0.25) is 0 Å². The van der Waals surface area contributed by atoms with E-state index in [0.29, 0.717) is 6.71 Å². The molecule has 0 aromatic heterocycles. The maximum absolute atomic E-state index is 2.30. The zero-order chi connectivity index (χ0) is 5.70. The van der Waals surface area contributed by atoms with E-state index in [9.17, 15) is 0 Å². The Morgan fingerprint density at radius 1 is 0.889 bits per heavy atom. The van der Waals surface area contributed by atoms with Crippen LogP contribution >= 0.6 is 0 Å². The third-order valence-electron chi connectivity index (χ3n) is 2.12. The fourth-order valence-corrected chi connectivity index (χ4v) is 1.06. The molecule has 0 bridgehead atoms. The first-order valence-corrected chi connectivity index (χ1v) is 3.62. The van der Waals surface area contributed by atoms with Crippen molar-refractivity contribution < 1.29 is 18.9 Å². The Morgan fingerprint density at radius 2 is 1.11 bits per heavy atom. The molecule has 0 saturated heterocycles. The van der Waals surface area contributed by atoms with Gasteiger partial charge in [0.2, 0.25) is 0 Å². The Labute approximate surface area is 74.0 Å². The second-order valence-corrected chi connectivity index (χ2v) is 2.56. The van der Waals surface area contributed by atoms with Crippen LogP contribution in [0.15, 0.2) is 0 Å².